The molecule has 4 heteroatoms. The van der Waals surface area contributed by atoms with Gasteiger partial charge in [0.15, 0.2) is 0 Å². The van der Waals surface area contributed by atoms with Gasteiger partial charge in [-0.25, -0.2) is 0 Å². The van der Waals surface area contributed by atoms with Gasteiger partial charge < -0.3 is 9.47 Å². The molecule has 96 heavy (non-hydrogen) atoms. The Morgan fingerprint density at radius 2 is 0.438 bits per heavy atom. The fourth-order valence-electron chi connectivity index (χ4n) is 32.0. The van der Waals surface area contributed by atoms with Crippen molar-refractivity contribution in [2.45, 2.75) is 47.0 Å². The summed E-state index contributed by atoms with van der Waals surface area (Å²) in [5.41, 5.74) is 20.0. The maximum absolute atomic E-state index is 6.92. The van der Waals surface area contributed by atoms with Crippen molar-refractivity contribution in [1.29, 1.82) is 0 Å². The predicted octanol–water partition coefficient (Wildman–Crippen LogP) is 21.4. The summed E-state index contributed by atoms with van der Waals surface area (Å²) in [7, 11) is 5.18. The van der Waals surface area contributed by atoms with Crippen molar-refractivity contribution in [2.24, 2.45) is 0 Å². The number of hydrogen-bond donors (Lipinski definition) is 0. The molecule has 0 amide bonds. The summed E-state index contributed by atoms with van der Waals surface area (Å²) in [5, 5.41) is 79.8. The molecule has 0 radical (unpaired) electrons. The fourth-order valence-corrected chi connectivity index (χ4v) is 32.0. The third kappa shape index (κ3) is 2.57. The largest absolute Gasteiger partial charge is 0.489 e. The highest BCUT2D eigenvalue weighted by Gasteiger charge is 2.80. The van der Waals surface area contributed by atoms with Crippen molar-refractivity contribution in [2.75, 3.05) is 27.2 Å². The molecule has 4 spiro atoms. The van der Waals surface area contributed by atoms with Crippen LogP contribution in [-0.4, -0.2) is 37.0 Å². The normalized spacial score (nSPS) is 26.1. The highest BCUT2D eigenvalue weighted by Crippen LogP contribution is 2.90. The minimum atomic E-state index is -0.445. The molecule has 16 aliphatic rings. The van der Waals surface area contributed by atoms with Gasteiger partial charge in [0.1, 0.15) is 24.7 Å². The first-order valence-electron chi connectivity index (χ1n) is 35.6. The van der Waals surface area contributed by atoms with Gasteiger partial charge in [-0.05, 0) is 375 Å². The topological polar surface area (TPSA) is 24.9 Å². The summed E-state index contributed by atoms with van der Waals surface area (Å²) in [5.74, 6) is 1.87. The van der Waals surface area contributed by atoms with Crippen molar-refractivity contribution in [3.05, 3.63) is 164 Å². The SMILES string of the molecule is CN1CC23c4c5c6c7c8c9c%10c%11c%12c%13c%14c%15c%16c%17c%18c%19c9c6c6c%18c9c%17c%17c%15c%15c%18c%14c%14c%12c%12c%11c8c(c8c%11c2c2c4c4c(c56)c9c5c4c4c2c2c%11c(c8%12)c%14c%18c2c4c%15c%175)C73[C@H]1c1ccc(cc1)OCc1ccc(cc1)-c1ccc(cc1)COc1ccc(cc1)[C@H]1N(C)CC%13%16C%10%191. The first-order chi connectivity index (χ1) is 47.6. The Morgan fingerprint density at radius 3 is 0.677 bits per heavy atom. The molecule has 8 heterocycles. The first-order valence-corrected chi connectivity index (χ1v) is 35.6. The van der Waals surface area contributed by atoms with Crippen LogP contribution < -0.4 is 9.47 Å². The summed E-state index contributed by atoms with van der Waals surface area (Å²) in [4.78, 5) is 5.93. The van der Waals surface area contributed by atoms with E-state index in [-0.39, 0.29) is 22.9 Å². The van der Waals surface area contributed by atoms with Gasteiger partial charge in [0.25, 0.3) is 0 Å². The van der Waals surface area contributed by atoms with E-state index in [2.05, 4.69) is 121 Å². The van der Waals surface area contributed by atoms with Crippen LogP contribution in [0.2, 0.25) is 0 Å². The molecule has 0 saturated carbocycles. The number of likely N-dealkylation sites (N-methyl/N-ethyl adjacent to an activating group) is 2. The van der Waals surface area contributed by atoms with Crippen LogP contribution in [0.3, 0.4) is 0 Å². The standard InChI is InChI=1S/C92H32N2O2/c1-93-21-89-79-63-51-39-31-32-36-33-37-45-53(41(33)39)65(63)81(89)69-57(45)49-60-48(37)56-44(36)52-40(32)42-34-35(31)43(51)55-47-38(34)46-54(42)66-64(52)80-68(56)72(60)84-76-61(49)73(69)85-77-75-62-50-58(46)70-74(62)86(78(76)77)92(84)88(94(2)22-90(80,92)82(66)70)28-13-17-30(18-14-28)96-20-24-5-9-26(10-6-24)25-7-3-23(4-8-25)19-95-29-15-11-27(12-16-29)87(93)91(85,89)83(75)71(59(47)50)67(55)79/h3-18,87-88H,19-22H2,1-2H3/t87-,88-,89?,90?,91?,92?/m1/s1. The van der Waals surface area contributed by atoms with Gasteiger partial charge in [0.2, 0.25) is 0 Å². The van der Waals surface area contributed by atoms with Gasteiger partial charge in [-0.1, -0.05) is 72.8 Å². The second kappa shape index (κ2) is 10.2. The van der Waals surface area contributed by atoms with Gasteiger partial charge >= 0.3 is 0 Å². The Labute approximate surface area is 535 Å². The quantitative estimate of drug-likeness (QED) is 0.141. The second-order valence-electron chi connectivity index (χ2n) is 34.2. The molecule has 0 N–H and O–H groups in total. The highest BCUT2D eigenvalue weighted by atomic mass is 16.5. The van der Waals surface area contributed by atoms with Crippen molar-refractivity contribution < 1.29 is 9.47 Å². The zero-order valence-corrected chi connectivity index (χ0v) is 50.9. The summed E-state index contributed by atoms with van der Waals surface area (Å²) >= 11 is 0. The van der Waals surface area contributed by atoms with Crippen LogP contribution in [0.15, 0.2) is 97.1 Å². The van der Waals surface area contributed by atoms with Crippen molar-refractivity contribution in [1.82, 2.24) is 9.80 Å². The second-order valence-corrected chi connectivity index (χ2v) is 34.2. The zero-order chi connectivity index (χ0) is 58.8. The monoisotopic (exact) mass is 1200 g/mol. The molecule has 14 bridgehead atoms. The van der Waals surface area contributed by atoms with E-state index in [4.69, 9.17) is 9.47 Å². The van der Waals surface area contributed by atoms with Crippen molar-refractivity contribution in [3.8, 4) is 22.6 Å². The molecule has 8 aliphatic heterocycles. The lowest BCUT2D eigenvalue weighted by molar-refractivity contribution is 0.270. The maximum atomic E-state index is 6.92. The molecular weight excluding hydrogens is 1170 g/mol. The number of nitrogens with zero attached hydrogens (tertiary/aromatic N) is 2. The van der Waals surface area contributed by atoms with Crippen LogP contribution >= 0.6 is 0 Å². The molecule has 0 aromatic heterocycles. The number of hydrogen-bond acceptors (Lipinski definition) is 4. The molecule has 44 rings (SSSR count). The Kier molecular flexibility index (Phi) is 4.28. The van der Waals surface area contributed by atoms with Crippen molar-refractivity contribution in [3.63, 3.8) is 0 Å². The summed E-state index contributed by atoms with van der Waals surface area (Å²) in [6, 6.07) is 37.8. The Hall–Kier alpha value is -10.9. The molecule has 2 saturated heterocycles. The van der Waals surface area contributed by atoms with Crippen molar-refractivity contribution >= 4 is 259 Å². The summed E-state index contributed by atoms with van der Waals surface area (Å²) < 4.78 is 13.8. The Morgan fingerprint density at radius 1 is 0.240 bits per heavy atom. The van der Waals surface area contributed by atoms with E-state index >= 15 is 0 Å². The third-order valence-corrected chi connectivity index (χ3v) is 32.7. The number of fused-ring (bicyclic) bond motifs is 2. The summed E-state index contributed by atoms with van der Waals surface area (Å²) in [6.45, 7) is 2.99. The van der Waals surface area contributed by atoms with Crippen LogP contribution in [-0.2, 0) is 34.9 Å². The smallest absolute Gasteiger partial charge is 0.119 e. The van der Waals surface area contributed by atoms with Gasteiger partial charge in [0.05, 0.1) is 21.7 Å². The average molecular weight is 1200 g/mol. The van der Waals surface area contributed by atoms with E-state index in [1.165, 1.54) is 33.4 Å². The van der Waals surface area contributed by atoms with Crippen LogP contribution in [0.5, 0.6) is 11.5 Å². The van der Waals surface area contributed by atoms with Crippen LogP contribution in [0.1, 0.15) is 78.8 Å². The first kappa shape index (κ1) is 40.4. The minimum Gasteiger partial charge on any atom is -0.489 e. The van der Waals surface area contributed by atoms with Crippen LogP contribution in [0.25, 0.3) is 270 Å². The lowest BCUT2D eigenvalue weighted by atomic mass is 9.47. The van der Waals surface area contributed by atoms with Crippen LogP contribution in [0.4, 0.5) is 0 Å². The maximum Gasteiger partial charge on any atom is 0.119 e. The third-order valence-electron chi connectivity index (χ3n) is 32.7. The number of likely N-dealkylation sites (tertiary alicyclic amines) is 2. The van der Waals surface area contributed by atoms with Gasteiger partial charge in [-0.2, -0.15) is 0 Å². The molecule has 2 fully saturated rings. The number of benzene rings is 20. The van der Waals surface area contributed by atoms with Gasteiger partial charge in [0, 0.05) is 25.2 Å². The molecule has 28 aromatic carbocycles. The Balaban J connectivity index is 0.858. The molecule has 4 unspecified atom stereocenters. The Bertz CT molecular complexity index is 8490. The van der Waals surface area contributed by atoms with E-state index < -0.39 is 10.8 Å². The average Bonchev–Trinajstić information content (AvgIpc) is 1.37. The van der Waals surface area contributed by atoms with E-state index in [9.17, 15) is 0 Å². The van der Waals surface area contributed by atoms with E-state index in [1.54, 1.807) is 303 Å². The number of ether oxygens (including phenoxy) is 2. The molecule has 4 nitrogen and oxygen atoms in total. The van der Waals surface area contributed by atoms with E-state index in [1.807, 2.05) is 0 Å². The van der Waals surface area contributed by atoms with E-state index in [0.29, 0.717) is 13.2 Å². The fraction of sp³-hybridized carbons (Fsp3) is 0.130. The molecule has 422 valence electrons. The highest BCUT2D eigenvalue weighted by molar-refractivity contribution is 6.78. The van der Waals surface area contributed by atoms with Gasteiger partial charge in [-0.15, -0.1) is 0 Å². The predicted molar refractivity (Wildman–Crippen MR) is 391 cm³/mol. The molecule has 8 aliphatic carbocycles. The number of rotatable bonds is 0. The van der Waals surface area contributed by atoms with Gasteiger partial charge in [-0.3, -0.25) is 9.80 Å². The zero-order valence-electron chi connectivity index (χ0n) is 50.9. The lowest BCUT2D eigenvalue weighted by Crippen LogP contribution is -2.52. The van der Waals surface area contributed by atoms with Crippen LogP contribution in [0, 0.1) is 0 Å². The van der Waals surface area contributed by atoms with E-state index in [0.717, 1.165) is 24.6 Å². The lowest BCUT2D eigenvalue weighted by Gasteiger charge is -2.52. The summed E-state index contributed by atoms with van der Waals surface area (Å²) in [6.07, 6.45) is 0. The molecule has 6 atom stereocenters. The minimum absolute atomic E-state index is 0.0457. The molecular formula is C92H32N2O2. The molecule has 28 aromatic rings.